The summed E-state index contributed by atoms with van der Waals surface area (Å²) in [6, 6.07) is 0. The Kier molecular flexibility index (Phi) is 6.14. The van der Waals surface area contributed by atoms with Crippen molar-refractivity contribution in [2.45, 2.75) is 33.1 Å². The van der Waals surface area contributed by atoms with Crippen LogP contribution in [0.2, 0.25) is 0 Å². The third kappa shape index (κ3) is 4.99. The SMILES string of the molecule is CCCNC(=O)CNc1nc(C(C)C)nc(N(C)C)n1. The van der Waals surface area contributed by atoms with Crippen molar-refractivity contribution in [1.82, 2.24) is 20.3 Å². The van der Waals surface area contributed by atoms with E-state index in [4.69, 9.17) is 0 Å². The van der Waals surface area contributed by atoms with Crippen LogP contribution in [0.1, 0.15) is 38.9 Å². The molecule has 20 heavy (non-hydrogen) atoms. The van der Waals surface area contributed by atoms with E-state index in [2.05, 4.69) is 25.6 Å². The number of nitrogens with one attached hydrogen (secondary N) is 2. The highest BCUT2D eigenvalue weighted by molar-refractivity contribution is 5.80. The minimum absolute atomic E-state index is 0.0650. The molecule has 7 nitrogen and oxygen atoms in total. The Bertz CT molecular complexity index is 420. The first kappa shape index (κ1) is 16.1. The lowest BCUT2D eigenvalue weighted by molar-refractivity contribution is -0.119. The second-order valence-electron chi connectivity index (χ2n) is 5.07. The van der Waals surface area contributed by atoms with Crippen LogP contribution < -0.4 is 15.5 Å². The van der Waals surface area contributed by atoms with E-state index in [1.807, 2.05) is 39.8 Å². The van der Waals surface area contributed by atoms with Gasteiger partial charge in [0.2, 0.25) is 17.8 Å². The van der Waals surface area contributed by atoms with Gasteiger partial charge in [-0.2, -0.15) is 15.0 Å². The molecule has 0 bridgehead atoms. The van der Waals surface area contributed by atoms with E-state index in [1.165, 1.54) is 0 Å². The lowest BCUT2D eigenvalue weighted by Gasteiger charge is -2.14. The van der Waals surface area contributed by atoms with Crippen molar-refractivity contribution in [3.63, 3.8) is 0 Å². The molecule has 1 aromatic heterocycles. The predicted octanol–water partition coefficient (Wildman–Crippen LogP) is 0.999. The summed E-state index contributed by atoms with van der Waals surface area (Å²) in [5, 5.41) is 5.74. The third-order valence-corrected chi connectivity index (χ3v) is 2.54. The van der Waals surface area contributed by atoms with Crippen molar-refractivity contribution in [3.8, 4) is 0 Å². The topological polar surface area (TPSA) is 83.0 Å². The van der Waals surface area contributed by atoms with Crippen LogP contribution in [0, 0.1) is 0 Å². The molecule has 0 radical (unpaired) electrons. The van der Waals surface area contributed by atoms with Crippen molar-refractivity contribution >= 4 is 17.8 Å². The molecule has 0 aromatic carbocycles. The van der Waals surface area contributed by atoms with Crippen molar-refractivity contribution in [1.29, 1.82) is 0 Å². The van der Waals surface area contributed by atoms with Gasteiger partial charge in [0.15, 0.2) is 0 Å². The number of aromatic nitrogens is 3. The summed E-state index contributed by atoms with van der Waals surface area (Å²) in [6.45, 7) is 6.89. The highest BCUT2D eigenvalue weighted by atomic mass is 16.1. The molecule has 0 aliphatic heterocycles. The zero-order valence-corrected chi connectivity index (χ0v) is 12.9. The van der Waals surface area contributed by atoms with Gasteiger partial charge in [-0.25, -0.2) is 0 Å². The van der Waals surface area contributed by atoms with Crippen LogP contribution in [0.3, 0.4) is 0 Å². The molecule has 1 rings (SSSR count). The van der Waals surface area contributed by atoms with Crippen molar-refractivity contribution in [2.24, 2.45) is 0 Å². The molecule has 0 atom stereocenters. The summed E-state index contributed by atoms with van der Waals surface area (Å²) in [5.74, 6) is 1.86. The van der Waals surface area contributed by atoms with Gasteiger partial charge in [-0.1, -0.05) is 20.8 Å². The number of nitrogens with zero attached hydrogens (tertiary/aromatic N) is 4. The maximum absolute atomic E-state index is 11.6. The lowest BCUT2D eigenvalue weighted by atomic mass is 10.2. The maximum atomic E-state index is 11.6. The number of amides is 1. The normalized spacial score (nSPS) is 10.5. The summed E-state index contributed by atoms with van der Waals surface area (Å²) in [5.41, 5.74) is 0. The highest BCUT2D eigenvalue weighted by Crippen LogP contribution is 2.14. The molecule has 1 heterocycles. The molecular formula is C13H24N6O. The van der Waals surface area contributed by atoms with E-state index >= 15 is 0 Å². The molecular weight excluding hydrogens is 256 g/mol. The monoisotopic (exact) mass is 280 g/mol. The van der Waals surface area contributed by atoms with E-state index in [0.29, 0.717) is 24.3 Å². The first-order valence-electron chi connectivity index (χ1n) is 6.87. The molecule has 2 N–H and O–H groups in total. The second kappa shape index (κ2) is 7.62. The fourth-order valence-corrected chi connectivity index (χ4v) is 1.40. The van der Waals surface area contributed by atoms with E-state index < -0.39 is 0 Å². The van der Waals surface area contributed by atoms with Gasteiger partial charge in [-0.15, -0.1) is 0 Å². The fourth-order valence-electron chi connectivity index (χ4n) is 1.40. The van der Waals surface area contributed by atoms with Crippen molar-refractivity contribution in [3.05, 3.63) is 5.82 Å². The van der Waals surface area contributed by atoms with Gasteiger partial charge < -0.3 is 15.5 Å². The van der Waals surface area contributed by atoms with Crippen LogP contribution >= 0.6 is 0 Å². The molecule has 0 saturated carbocycles. The molecule has 0 spiro atoms. The zero-order chi connectivity index (χ0) is 15.1. The molecule has 0 fully saturated rings. The Hall–Kier alpha value is -1.92. The first-order chi connectivity index (χ1) is 9.43. The van der Waals surface area contributed by atoms with Crippen molar-refractivity contribution in [2.75, 3.05) is 37.4 Å². The Balaban J connectivity index is 2.76. The molecule has 112 valence electrons. The Labute approximate surface area is 120 Å². The Morgan fingerprint density at radius 2 is 1.95 bits per heavy atom. The number of rotatable bonds is 7. The average molecular weight is 280 g/mol. The molecule has 0 aliphatic carbocycles. The number of carbonyl (C=O) groups excluding carboxylic acids is 1. The van der Waals surface area contributed by atoms with Crippen LogP contribution in [0.5, 0.6) is 0 Å². The minimum Gasteiger partial charge on any atom is -0.355 e. The van der Waals surface area contributed by atoms with Crippen LogP contribution in [0.25, 0.3) is 0 Å². The number of carbonyl (C=O) groups is 1. The van der Waals surface area contributed by atoms with E-state index in [0.717, 1.165) is 6.42 Å². The van der Waals surface area contributed by atoms with Gasteiger partial charge in [0.25, 0.3) is 0 Å². The quantitative estimate of drug-likeness (QED) is 0.775. The highest BCUT2D eigenvalue weighted by Gasteiger charge is 2.11. The van der Waals surface area contributed by atoms with Gasteiger partial charge >= 0.3 is 0 Å². The van der Waals surface area contributed by atoms with Gasteiger partial charge in [-0.05, 0) is 6.42 Å². The average Bonchev–Trinajstić information content (AvgIpc) is 2.42. The molecule has 1 aromatic rings. The summed E-state index contributed by atoms with van der Waals surface area (Å²) in [6.07, 6.45) is 0.916. The standard InChI is InChI=1S/C13H24N6O/c1-6-7-14-10(20)8-15-12-16-11(9(2)3)17-13(18-12)19(4)5/h9H,6-8H2,1-5H3,(H,14,20)(H,15,16,17,18). The van der Waals surface area contributed by atoms with Crippen LogP contribution in [-0.2, 0) is 4.79 Å². The lowest BCUT2D eigenvalue weighted by Crippen LogP contribution is -2.31. The minimum atomic E-state index is -0.0650. The van der Waals surface area contributed by atoms with E-state index in [9.17, 15) is 4.79 Å². The molecule has 1 amide bonds. The summed E-state index contributed by atoms with van der Waals surface area (Å²) in [4.78, 5) is 26.4. The summed E-state index contributed by atoms with van der Waals surface area (Å²) in [7, 11) is 3.74. The van der Waals surface area contributed by atoms with Gasteiger partial charge in [0.1, 0.15) is 5.82 Å². The molecule has 0 aliphatic rings. The molecule has 7 heteroatoms. The maximum Gasteiger partial charge on any atom is 0.239 e. The number of anilines is 2. The van der Waals surface area contributed by atoms with Crippen LogP contribution in [-0.4, -0.2) is 48.0 Å². The smallest absolute Gasteiger partial charge is 0.239 e. The number of hydrogen-bond donors (Lipinski definition) is 2. The van der Waals surface area contributed by atoms with Gasteiger partial charge in [-0.3, -0.25) is 4.79 Å². The van der Waals surface area contributed by atoms with Crippen LogP contribution in [0.15, 0.2) is 0 Å². The second-order valence-corrected chi connectivity index (χ2v) is 5.07. The largest absolute Gasteiger partial charge is 0.355 e. The van der Waals surface area contributed by atoms with Gasteiger partial charge in [0.05, 0.1) is 6.54 Å². The molecule has 0 unspecified atom stereocenters. The summed E-state index contributed by atoms with van der Waals surface area (Å²) >= 11 is 0. The summed E-state index contributed by atoms with van der Waals surface area (Å²) < 4.78 is 0. The Morgan fingerprint density at radius 3 is 2.50 bits per heavy atom. The van der Waals surface area contributed by atoms with Crippen molar-refractivity contribution < 1.29 is 4.79 Å². The first-order valence-corrected chi connectivity index (χ1v) is 6.87. The fraction of sp³-hybridized carbons (Fsp3) is 0.692. The van der Waals surface area contributed by atoms with Crippen LogP contribution in [0.4, 0.5) is 11.9 Å². The Morgan fingerprint density at radius 1 is 1.25 bits per heavy atom. The zero-order valence-electron chi connectivity index (χ0n) is 12.9. The van der Waals surface area contributed by atoms with E-state index in [1.54, 1.807) is 0 Å². The van der Waals surface area contributed by atoms with E-state index in [-0.39, 0.29) is 18.4 Å². The van der Waals surface area contributed by atoms with Gasteiger partial charge in [0, 0.05) is 26.6 Å². The predicted molar refractivity (Wildman–Crippen MR) is 80.0 cm³/mol. The third-order valence-electron chi connectivity index (χ3n) is 2.54. The molecule has 0 saturated heterocycles. The number of hydrogen-bond acceptors (Lipinski definition) is 6.